The summed E-state index contributed by atoms with van der Waals surface area (Å²) in [5.74, 6) is -0.255. The zero-order chi connectivity index (χ0) is 20.0. The highest BCUT2D eigenvalue weighted by Gasteiger charge is 2.14. The number of amides is 1. The maximum absolute atomic E-state index is 12.2. The fourth-order valence-corrected chi connectivity index (χ4v) is 4.47. The van der Waals surface area contributed by atoms with Gasteiger partial charge in [0.15, 0.2) is 0 Å². The SMILES string of the molecule is O=C(CCNS(=O)(=O)c1cccc(Cl)c1)NCc1cncc(-c2ccsc2)c1. The molecule has 0 aliphatic heterocycles. The molecule has 3 rings (SSSR count). The number of nitrogens with one attached hydrogen (secondary N) is 2. The first kappa shape index (κ1) is 20.5. The van der Waals surface area contributed by atoms with Gasteiger partial charge >= 0.3 is 0 Å². The lowest BCUT2D eigenvalue weighted by molar-refractivity contribution is -0.121. The molecule has 0 unspecified atom stereocenters. The molecule has 0 atom stereocenters. The van der Waals surface area contributed by atoms with Gasteiger partial charge in [-0.15, -0.1) is 0 Å². The van der Waals surface area contributed by atoms with Crippen molar-refractivity contribution in [3.63, 3.8) is 0 Å². The van der Waals surface area contributed by atoms with Gasteiger partial charge in [-0.2, -0.15) is 11.3 Å². The molecule has 2 heterocycles. The largest absolute Gasteiger partial charge is 0.352 e. The lowest BCUT2D eigenvalue weighted by Crippen LogP contribution is -2.30. The summed E-state index contributed by atoms with van der Waals surface area (Å²) in [4.78, 5) is 16.3. The van der Waals surface area contributed by atoms with E-state index in [9.17, 15) is 13.2 Å². The minimum atomic E-state index is -3.70. The maximum atomic E-state index is 12.2. The fourth-order valence-electron chi connectivity index (χ4n) is 2.48. The Morgan fingerprint density at radius 3 is 2.75 bits per heavy atom. The first-order valence-electron chi connectivity index (χ1n) is 8.42. The number of carbonyl (C=O) groups excluding carboxylic acids is 1. The molecule has 0 aliphatic rings. The predicted molar refractivity (Wildman–Crippen MR) is 111 cm³/mol. The van der Waals surface area contributed by atoms with Crippen LogP contribution in [0.3, 0.4) is 0 Å². The molecule has 0 saturated heterocycles. The second-order valence-electron chi connectivity index (χ2n) is 5.98. The summed E-state index contributed by atoms with van der Waals surface area (Å²) >= 11 is 7.43. The number of hydrogen-bond acceptors (Lipinski definition) is 5. The van der Waals surface area contributed by atoms with Crippen LogP contribution in [-0.4, -0.2) is 25.9 Å². The van der Waals surface area contributed by atoms with Crippen molar-refractivity contribution in [2.75, 3.05) is 6.54 Å². The topological polar surface area (TPSA) is 88.2 Å². The summed E-state index contributed by atoms with van der Waals surface area (Å²) in [6.07, 6.45) is 3.49. The average molecular weight is 436 g/mol. The highest BCUT2D eigenvalue weighted by Crippen LogP contribution is 2.21. The minimum Gasteiger partial charge on any atom is -0.352 e. The van der Waals surface area contributed by atoms with Crippen LogP contribution >= 0.6 is 22.9 Å². The van der Waals surface area contributed by atoms with Crippen molar-refractivity contribution in [1.82, 2.24) is 15.0 Å². The van der Waals surface area contributed by atoms with Gasteiger partial charge in [0.1, 0.15) is 0 Å². The molecule has 9 heteroatoms. The normalized spacial score (nSPS) is 11.3. The summed E-state index contributed by atoms with van der Waals surface area (Å²) in [6, 6.07) is 9.94. The van der Waals surface area contributed by atoms with Gasteiger partial charge in [-0.1, -0.05) is 17.7 Å². The number of rotatable bonds is 8. The Balaban J connectivity index is 1.48. The summed E-state index contributed by atoms with van der Waals surface area (Å²) in [7, 11) is -3.70. The van der Waals surface area contributed by atoms with Crippen LogP contribution in [0.15, 0.2) is 64.4 Å². The molecule has 0 saturated carbocycles. The summed E-state index contributed by atoms with van der Waals surface area (Å²) in [5, 5.41) is 7.13. The molecule has 2 aromatic heterocycles. The number of hydrogen-bond donors (Lipinski definition) is 2. The van der Waals surface area contributed by atoms with E-state index in [0.717, 1.165) is 16.7 Å². The average Bonchev–Trinajstić information content (AvgIpc) is 3.21. The van der Waals surface area contributed by atoms with Crippen LogP contribution < -0.4 is 10.0 Å². The van der Waals surface area contributed by atoms with Crippen LogP contribution in [0.1, 0.15) is 12.0 Å². The Morgan fingerprint density at radius 2 is 2.00 bits per heavy atom. The third-order valence-electron chi connectivity index (χ3n) is 3.89. The van der Waals surface area contributed by atoms with Crippen LogP contribution in [0, 0.1) is 0 Å². The third-order valence-corrected chi connectivity index (χ3v) is 6.27. The summed E-state index contributed by atoms with van der Waals surface area (Å²) < 4.78 is 26.8. The van der Waals surface area contributed by atoms with E-state index >= 15 is 0 Å². The number of benzene rings is 1. The van der Waals surface area contributed by atoms with Gasteiger partial charge in [-0.25, -0.2) is 13.1 Å². The molecular formula is C19H18ClN3O3S2. The van der Waals surface area contributed by atoms with E-state index in [1.165, 1.54) is 12.1 Å². The minimum absolute atomic E-state index is 0.00608. The van der Waals surface area contributed by atoms with Crippen molar-refractivity contribution in [3.05, 3.63) is 70.1 Å². The quantitative estimate of drug-likeness (QED) is 0.567. The Hall–Kier alpha value is -2.26. The molecule has 0 radical (unpaired) electrons. The predicted octanol–water partition coefficient (Wildman–Crippen LogP) is 3.45. The van der Waals surface area contributed by atoms with Crippen LogP contribution in [0.4, 0.5) is 0 Å². The van der Waals surface area contributed by atoms with Gasteiger partial charge in [0.2, 0.25) is 15.9 Å². The maximum Gasteiger partial charge on any atom is 0.240 e. The Kier molecular flexibility index (Phi) is 6.79. The van der Waals surface area contributed by atoms with Crippen molar-refractivity contribution in [2.45, 2.75) is 17.9 Å². The van der Waals surface area contributed by atoms with Crippen LogP contribution in [0.5, 0.6) is 0 Å². The smallest absolute Gasteiger partial charge is 0.240 e. The molecule has 0 aliphatic carbocycles. The molecule has 0 fully saturated rings. The Morgan fingerprint density at radius 1 is 1.14 bits per heavy atom. The summed E-state index contributed by atoms with van der Waals surface area (Å²) in [5.41, 5.74) is 2.94. The molecule has 3 aromatic rings. The molecule has 2 N–H and O–H groups in total. The zero-order valence-electron chi connectivity index (χ0n) is 14.8. The van der Waals surface area contributed by atoms with Gasteiger partial charge < -0.3 is 5.32 Å². The number of nitrogens with zero attached hydrogens (tertiary/aromatic N) is 1. The van der Waals surface area contributed by atoms with E-state index in [1.807, 2.05) is 22.9 Å². The summed E-state index contributed by atoms with van der Waals surface area (Å²) in [6.45, 7) is 0.318. The van der Waals surface area contributed by atoms with Gasteiger partial charge in [0.05, 0.1) is 4.90 Å². The van der Waals surface area contributed by atoms with Crippen molar-refractivity contribution in [2.24, 2.45) is 0 Å². The molecule has 0 spiro atoms. The molecule has 146 valence electrons. The molecule has 1 aromatic carbocycles. The number of thiophene rings is 1. The standard InChI is InChI=1S/C19H18ClN3O3S2/c20-17-2-1-3-18(9-17)28(25,26)23-6-4-19(24)22-11-14-8-16(12-21-10-14)15-5-7-27-13-15/h1-3,5,7-10,12-13,23H,4,6,11H2,(H,22,24). The fraction of sp³-hybridized carbons (Fsp3) is 0.158. The van der Waals surface area contributed by atoms with E-state index in [4.69, 9.17) is 11.6 Å². The number of aromatic nitrogens is 1. The van der Waals surface area contributed by atoms with Gasteiger partial charge in [-0.3, -0.25) is 9.78 Å². The second kappa shape index (κ2) is 9.29. The molecular weight excluding hydrogens is 418 g/mol. The van der Waals surface area contributed by atoms with Crippen molar-refractivity contribution in [3.8, 4) is 11.1 Å². The first-order valence-corrected chi connectivity index (χ1v) is 11.2. The number of sulfonamides is 1. The zero-order valence-corrected chi connectivity index (χ0v) is 17.2. The van der Waals surface area contributed by atoms with Crippen molar-refractivity contribution >= 4 is 38.9 Å². The van der Waals surface area contributed by atoms with Crippen molar-refractivity contribution in [1.29, 1.82) is 0 Å². The van der Waals surface area contributed by atoms with Crippen LogP contribution in [-0.2, 0) is 21.4 Å². The molecule has 1 amide bonds. The van der Waals surface area contributed by atoms with Gasteiger partial charge in [-0.05, 0) is 52.2 Å². The lowest BCUT2D eigenvalue weighted by Gasteiger charge is -2.08. The third kappa shape index (κ3) is 5.62. The van der Waals surface area contributed by atoms with E-state index in [2.05, 4.69) is 15.0 Å². The van der Waals surface area contributed by atoms with E-state index in [0.29, 0.717) is 11.6 Å². The van der Waals surface area contributed by atoms with Gasteiger partial charge in [0, 0.05) is 42.5 Å². The van der Waals surface area contributed by atoms with E-state index in [-0.39, 0.29) is 23.8 Å². The number of pyridine rings is 1. The Bertz CT molecular complexity index is 1050. The van der Waals surface area contributed by atoms with Gasteiger partial charge in [0.25, 0.3) is 0 Å². The lowest BCUT2D eigenvalue weighted by atomic mass is 10.1. The molecule has 6 nitrogen and oxygen atoms in total. The van der Waals surface area contributed by atoms with E-state index < -0.39 is 10.0 Å². The van der Waals surface area contributed by atoms with Crippen LogP contribution in [0.2, 0.25) is 5.02 Å². The van der Waals surface area contributed by atoms with Crippen molar-refractivity contribution < 1.29 is 13.2 Å². The highest BCUT2D eigenvalue weighted by molar-refractivity contribution is 7.89. The number of carbonyl (C=O) groups is 1. The monoisotopic (exact) mass is 435 g/mol. The van der Waals surface area contributed by atoms with Crippen LogP contribution in [0.25, 0.3) is 11.1 Å². The number of halogens is 1. The second-order valence-corrected chi connectivity index (χ2v) is 8.96. The molecule has 0 bridgehead atoms. The Labute approximate surface area is 172 Å². The van der Waals surface area contributed by atoms with E-state index in [1.54, 1.807) is 35.9 Å². The highest BCUT2D eigenvalue weighted by atomic mass is 35.5. The molecule has 28 heavy (non-hydrogen) atoms. The first-order chi connectivity index (χ1) is 13.4.